The van der Waals surface area contributed by atoms with Crippen LogP contribution < -0.4 is 15.4 Å². The Morgan fingerprint density at radius 1 is 1.36 bits per heavy atom. The van der Waals surface area contributed by atoms with Crippen LogP contribution in [0.4, 0.5) is 11.4 Å². The maximum absolute atomic E-state index is 12.5. The van der Waals surface area contributed by atoms with Gasteiger partial charge in [0, 0.05) is 31.3 Å². The summed E-state index contributed by atoms with van der Waals surface area (Å²) in [5, 5.41) is 10.9. The minimum atomic E-state index is -0.550. The maximum atomic E-state index is 12.5. The van der Waals surface area contributed by atoms with Crippen LogP contribution in [0, 0.1) is 10.1 Å². The number of rotatable bonds is 3. The highest BCUT2D eigenvalue weighted by atomic mass is 35.5. The van der Waals surface area contributed by atoms with Gasteiger partial charge in [0.2, 0.25) is 5.91 Å². The Morgan fingerprint density at radius 2 is 2.04 bits per heavy atom. The van der Waals surface area contributed by atoms with Gasteiger partial charge in [0.15, 0.2) is 6.61 Å². The number of nitrogens with zero attached hydrogens (tertiary/aromatic N) is 3. The number of halogens is 1. The fourth-order valence-corrected chi connectivity index (χ4v) is 2.86. The molecule has 1 aromatic rings. The number of non-ortho nitro benzene ring substituents is 1. The van der Waals surface area contributed by atoms with Crippen LogP contribution in [0.15, 0.2) is 18.2 Å². The summed E-state index contributed by atoms with van der Waals surface area (Å²) in [6.45, 7) is 0.759. The molecule has 0 saturated carbocycles. The van der Waals surface area contributed by atoms with E-state index in [1.54, 1.807) is 4.90 Å². The van der Waals surface area contributed by atoms with Crippen molar-refractivity contribution >= 4 is 35.6 Å². The molecule has 3 rings (SSSR count). The molecule has 0 aliphatic carbocycles. The molecule has 10 heteroatoms. The van der Waals surface area contributed by atoms with Gasteiger partial charge in [-0.15, -0.1) is 12.4 Å². The topological polar surface area (TPSA) is 119 Å². The predicted octanol–water partition coefficient (Wildman–Crippen LogP) is 0.692. The summed E-state index contributed by atoms with van der Waals surface area (Å²) in [6.07, 6.45) is 1.45. The highest BCUT2D eigenvalue weighted by Gasteiger charge is 2.31. The molecule has 2 heterocycles. The van der Waals surface area contributed by atoms with E-state index in [1.807, 2.05) is 0 Å². The smallest absolute Gasteiger partial charge is 0.271 e. The first kappa shape index (κ1) is 18.9. The summed E-state index contributed by atoms with van der Waals surface area (Å²) >= 11 is 0. The second kappa shape index (κ2) is 7.66. The van der Waals surface area contributed by atoms with Crippen molar-refractivity contribution in [1.82, 2.24) is 4.90 Å². The highest BCUT2D eigenvalue weighted by molar-refractivity contribution is 6.02. The summed E-state index contributed by atoms with van der Waals surface area (Å²) in [7, 11) is 0. The van der Waals surface area contributed by atoms with Crippen molar-refractivity contribution in [1.29, 1.82) is 0 Å². The average molecular weight is 371 g/mol. The van der Waals surface area contributed by atoms with Crippen LogP contribution in [-0.4, -0.2) is 53.9 Å². The monoisotopic (exact) mass is 370 g/mol. The average Bonchev–Trinajstić information content (AvgIpc) is 2.57. The Balaban J connectivity index is 0.00000225. The normalized spacial score (nSPS) is 17.4. The molecule has 2 amide bonds. The van der Waals surface area contributed by atoms with Gasteiger partial charge in [0.25, 0.3) is 11.6 Å². The summed E-state index contributed by atoms with van der Waals surface area (Å²) in [4.78, 5) is 37.9. The Morgan fingerprint density at radius 3 is 2.68 bits per heavy atom. The maximum Gasteiger partial charge on any atom is 0.271 e. The van der Waals surface area contributed by atoms with Gasteiger partial charge in [-0.1, -0.05) is 0 Å². The fraction of sp³-hybridized carbons (Fsp3) is 0.467. The molecule has 1 aromatic carbocycles. The minimum Gasteiger partial charge on any atom is -0.482 e. The van der Waals surface area contributed by atoms with Gasteiger partial charge in [-0.05, 0) is 18.9 Å². The number of hydrogen-bond donors (Lipinski definition) is 1. The first-order valence-corrected chi connectivity index (χ1v) is 7.70. The van der Waals surface area contributed by atoms with Crippen LogP contribution in [0.5, 0.6) is 5.75 Å². The Labute approximate surface area is 150 Å². The number of nitro benzene ring substituents is 1. The lowest BCUT2D eigenvalue weighted by molar-refractivity contribution is -0.384. The molecular weight excluding hydrogens is 352 g/mol. The number of piperidine rings is 1. The van der Waals surface area contributed by atoms with Crippen molar-refractivity contribution in [2.24, 2.45) is 5.73 Å². The molecule has 0 aromatic heterocycles. The van der Waals surface area contributed by atoms with Crippen LogP contribution in [0.2, 0.25) is 0 Å². The van der Waals surface area contributed by atoms with Crippen LogP contribution in [0.1, 0.15) is 12.8 Å². The summed E-state index contributed by atoms with van der Waals surface area (Å²) in [5.74, 6) is -0.242. The van der Waals surface area contributed by atoms with E-state index >= 15 is 0 Å². The largest absolute Gasteiger partial charge is 0.482 e. The summed E-state index contributed by atoms with van der Waals surface area (Å²) in [5.41, 5.74) is 5.92. The molecule has 1 fully saturated rings. The Kier molecular flexibility index (Phi) is 5.81. The van der Waals surface area contributed by atoms with Crippen LogP contribution in [-0.2, 0) is 9.59 Å². The molecule has 9 nitrogen and oxygen atoms in total. The Bertz CT molecular complexity index is 690. The Hall–Kier alpha value is -2.39. The van der Waals surface area contributed by atoms with Crippen molar-refractivity contribution in [3.8, 4) is 5.75 Å². The third kappa shape index (κ3) is 3.99. The number of hydrogen-bond acceptors (Lipinski definition) is 6. The number of nitrogens with two attached hydrogens (primary N) is 1. The number of fused-ring (bicyclic) bond motifs is 1. The third-order valence-corrected chi connectivity index (χ3v) is 4.28. The van der Waals surface area contributed by atoms with Crippen molar-refractivity contribution < 1.29 is 19.2 Å². The SMILES string of the molecule is Cl.NC1CCN(C(=O)CN2C(=O)COc3ccc([N+](=O)[O-])cc32)CC1. The molecule has 0 bridgehead atoms. The van der Waals surface area contributed by atoms with E-state index in [0.717, 1.165) is 12.8 Å². The zero-order valence-corrected chi connectivity index (χ0v) is 14.2. The van der Waals surface area contributed by atoms with E-state index in [4.69, 9.17) is 10.5 Å². The molecule has 25 heavy (non-hydrogen) atoms. The number of amides is 2. The molecule has 1 saturated heterocycles. The zero-order valence-electron chi connectivity index (χ0n) is 13.4. The predicted molar refractivity (Wildman–Crippen MR) is 92.0 cm³/mol. The zero-order chi connectivity index (χ0) is 17.3. The van der Waals surface area contributed by atoms with Crippen molar-refractivity contribution in [2.75, 3.05) is 31.1 Å². The van der Waals surface area contributed by atoms with Crippen LogP contribution in [0.25, 0.3) is 0 Å². The molecule has 2 aliphatic rings. The van der Waals surface area contributed by atoms with Crippen molar-refractivity contribution in [3.63, 3.8) is 0 Å². The molecule has 136 valence electrons. The number of benzene rings is 1. The number of carbonyl (C=O) groups excluding carboxylic acids is 2. The minimum absolute atomic E-state index is 0. The molecule has 0 unspecified atom stereocenters. The number of anilines is 1. The van der Waals surface area contributed by atoms with E-state index in [-0.39, 0.29) is 48.9 Å². The standard InChI is InChI=1S/C15H18N4O5.ClH/c16-10-3-5-17(6-4-10)14(20)8-18-12-7-11(19(22)23)1-2-13(12)24-9-15(18)21;/h1-2,7,10H,3-6,8-9,16H2;1H. The molecule has 0 radical (unpaired) electrons. The lowest BCUT2D eigenvalue weighted by Gasteiger charge is -2.33. The fourth-order valence-electron chi connectivity index (χ4n) is 2.86. The summed E-state index contributed by atoms with van der Waals surface area (Å²) < 4.78 is 5.29. The van der Waals surface area contributed by atoms with Gasteiger partial charge in [0.1, 0.15) is 12.3 Å². The highest BCUT2D eigenvalue weighted by Crippen LogP contribution is 2.35. The first-order valence-electron chi connectivity index (χ1n) is 7.70. The number of ether oxygens (including phenoxy) is 1. The van der Waals surface area contributed by atoms with Crippen molar-refractivity contribution in [3.05, 3.63) is 28.3 Å². The van der Waals surface area contributed by atoms with E-state index in [1.165, 1.54) is 23.1 Å². The second-order valence-electron chi connectivity index (χ2n) is 5.90. The van der Waals surface area contributed by atoms with Crippen LogP contribution >= 0.6 is 12.4 Å². The number of carbonyl (C=O) groups is 2. The van der Waals surface area contributed by atoms with E-state index in [9.17, 15) is 19.7 Å². The van der Waals surface area contributed by atoms with Gasteiger partial charge in [-0.2, -0.15) is 0 Å². The van der Waals surface area contributed by atoms with Gasteiger partial charge >= 0.3 is 0 Å². The molecule has 0 atom stereocenters. The molecule has 2 aliphatic heterocycles. The lowest BCUT2D eigenvalue weighted by Crippen LogP contribution is -2.49. The van der Waals surface area contributed by atoms with Crippen molar-refractivity contribution in [2.45, 2.75) is 18.9 Å². The summed E-state index contributed by atoms with van der Waals surface area (Å²) in [6, 6.07) is 4.10. The van der Waals surface area contributed by atoms with E-state index in [2.05, 4.69) is 0 Å². The number of nitro groups is 1. The van der Waals surface area contributed by atoms with Gasteiger partial charge < -0.3 is 15.4 Å². The van der Waals surface area contributed by atoms with E-state index in [0.29, 0.717) is 18.8 Å². The van der Waals surface area contributed by atoms with Gasteiger partial charge in [-0.3, -0.25) is 24.6 Å². The second-order valence-corrected chi connectivity index (χ2v) is 5.90. The van der Waals surface area contributed by atoms with E-state index < -0.39 is 10.8 Å². The lowest BCUT2D eigenvalue weighted by atomic mass is 10.1. The third-order valence-electron chi connectivity index (χ3n) is 4.28. The van der Waals surface area contributed by atoms with Gasteiger partial charge in [0.05, 0.1) is 10.6 Å². The molecular formula is C15H19ClN4O5. The quantitative estimate of drug-likeness (QED) is 0.617. The number of likely N-dealkylation sites (tertiary alicyclic amines) is 1. The van der Waals surface area contributed by atoms with Crippen LogP contribution in [0.3, 0.4) is 0 Å². The molecule has 2 N–H and O–H groups in total. The first-order chi connectivity index (χ1) is 11.5. The molecule has 0 spiro atoms. The van der Waals surface area contributed by atoms with Gasteiger partial charge in [-0.25, -0.2) is 0 Å².